The molecule has 0 bridgehead atoms. The van der Waals surface area contributed by atoms with Gasteiger partial charge in [0.05, 0.1) is 5.69 Å². The zero-order valence-electron chi connectivity index (χ0n) is 8.60. The van der Waals surface area contributed by atoms with E-state index in [1.165, 1.54) is 0 Å². The number of pyridine rings is 1. The summed E-state index contributed by atoms with van der Waals surface area (Å²) in [6.45, 7) is 2.00. The lowest BCUT2D eigenvalue weighted by molar-refractivity contribution is 1.28. The van der Waals surface area contributed by atoms with Crippen LogP contribution in [-0.2, 0) is 0 Å². The van der Waals surface area contributed by atoms with Gasteiger partial charge < -0.3 is 11.1 Å². The lowest BCUT2D eigenvalue weighted by Gasteiger charge is -2.06. The molecule has 0 spiro atoms. The van der Waals surface area contributed by atoms with E-state index in [1.54, 1.807) is 17.5 Å². The normalized spacial score (nSPS) is 10.1. The summed E-state index contributed by atoms with van der Waals surface area (Å²) in [5.74, 6) is 0. The topological polar surface area (TPSA) is 63.8 Å². The second-order valence-corrected chi connectivity index (χ2v) is 4.84. The maximum Gasteiger partial charge on any atom is 0.187 e. The van der Waals surface area contributed by atoms with Crippen LogP contribution in [0.15, 0.2) is 24.5 Å². The van der Waals surface area contributed by atoms with Gasteiger partial charge in [0.2, 0.25) is 0 Å². The number of aryl methyl sites for hydroxylation is 1. The number of nitrogens with zero attached hydrogens (tertiary/aromatic N) is 2. The number of hydrogen-bond acceptors (Lipinski definition) is 5. The fourth-order valence-corrected chi connectivity index (χ4v) is 2.07. The average molecular weight is 250 g/mol. The molecule has 2 aromatic heterocycles. The van der Waals surface area contributed by atoms with E-state index in [9.17, 15) is 0 Å². The fraction of sp³-hybridized carbons (Fsp3) is 0.100. The Morgan fingerprint density at radius 3 is 2.94 bits per heavy atom. The van der Waals surface area contributed by atoms with Crippen molar-refractivity contribution in [3.8, 4) is 0 Å². The van der Waals surface area contributed by atoms with Gasteiger partial charge in [-0.25, -0.2) is 4.98 Å². The van der Waals surface area contributed by atoms with Crippen molar-refractivity contribution in [1.29, 1.82) is 0 Å². The Balaban J connectivity index is 2.31. The van der Waals surface area contributed by atoms with Crippen molar-refractivity contribution >= 4 is 39.4 Å². The summed E-state index contributed by atoms with van der Waals surface area (Å²) in [4.78, 5) is 9.75. The molecule has 0 amide bonds. The van der Waals surface area contributed by atoms with Crippen LogP contribution in [0.4, 0.5) is 10.8 Å². The van der Waals surface area contributed by atoms with Crippen molar-refractivity contribution in [2.24, 2.45) is 5.73 Å². The predicted octanol–water partition coefficient (Wildman–Crippen LogP) is 2.22. The Morgan fingerprint density at radius 2 is 2.31 bits per heavy atom. The average Bonchev–Trinajstić information content (AvgIpc) is 2.64. The van der Waals surface area contributed by atoms with Crippen LogP contribution >= 0.6 is 23.6 Å². The Kier molecular flexibility index (Phi) is 3.12. The zero-order valence-corrected chi connectivity index (χ0v) is 10.2. The van der Waals surface area contributed by atoms with Gasteiger partial charge in [0.1, 0.15) is 10.7 Å². The van der Waals surface area contributed by atoms with Crippen molar-refractivity contribution in [2.75, 3.05) is 5.32 Å². The van der Waals surface area contributed by atoms with Gasteiger partial charge in [0.15, 0.2) is 5.13 Å². The van der Waals surface area contributed by atoms with E-state index in [1.807, 2.05) is 25.3 Å². The van der Waals surface area contributed by atoms with Crippen molar-refractivity contribution in [1.82, 2.24) is 9.97 Å². The van der Waals surface area contributed by atoms with Crippen molar-refractivity contribution in [3.63, 3.8) is 0 Å². The van der Waals surface area contributed by atoms with Crippen LogP contribution in [0.1, 0.15) is 10.6 Å². The van der Waals surface area contributed by atoms with E-state index in [2.05, 4.69) is 15.3 Å². The summed E-state index contributed by atoms with van der Waals surface area (Å²) >= 11 is 6.50. The molecule has 0 unspecified atom stereocenters. The zero-order chi connectivity index (χ0) is 11.5. The molecule has 0 aliphatic carbocycles. The van der Waals surface area contributed by atoms with Gasteiger partial charge in [0, 0.05) is 17.3 Å². The van der Waals surface area contributed by atoms with Gasteiger partial charge in [-0.05, 0) is 19.1 Å². The molecule has 0 aliphatic rings. The highest BCUT2D eigenvalue weighted by Crippen LogP contribution is 2.23. The smallest absolute Gasteiger partial charge is 0.187 e. The molecule has 4 nitrogen and oxygen atoms in total. The highest BCUT2D eigenvalue weighted by molar-refractivity contribution is 7.80. The number of nitrogens with two attached hydrogens (primary N) is 1. The van der Waals surface area contributed by atoms with Crippen LogP contribution in [-0.4, -0.2) is 15.0 Å². The van der Waals surface area contributed by atoms with Crippen molar-refractivity contribution in [3.05, 3.63) is 35.1 Å². The van der Waals surface area contributed by atoms with Crippen molar-refractivity contribution in [2.45, 2.75) is 6.92 Å². The molecule has 0 saturated heterocycles. The first-order chi connectivity index (χ1) is 7.66. The molecule has 6 heteroatoms. The van der Waals surface area contributed by atoms with Crippen LogP contribution < -0.4 is 11.1 Å². The summed E-state index contributed by atoms with van der Waals surface area (Å²) in [6, 6.07) is 3.70. The van der Waals surface area contributed by atoms with E-state index in [0.29, 0.717) is 5.69 Å². The molecule has 2 rings (SSSR count). The lowest BCUT2D eigenvalue weighted by atomic mass is 10.3. The van der Waals surface area contributed by atoms with Gasteiger partial charge >= 0.3 is 0 Å². The number of thiocarbonyl (C=S) groups is 1. The molecular formula is C10H10N4S2. The summed E-state index contributed by atoms with van der Waals surface area (Å²) < 4.78 is 0. The molecule has 16 heavy (non-hydrogen) atoms. The van der Waals surface area contributed by atoms with Crippen LogP contribution in [0.3, 0.4) is 0 Å². The lowest BCUT2D eigenvalue weighted by Crippen LogP contribution is -2.13. The minimum atomic E-state index is 0.274. The Labute approximate surface area is 103 Å². The van der Waals surface area contributed by atoms with Crippen LogP contribution in [0.25, 0.3) is 0 Å². The molecule has 0 aromatic carbocycles. The summed E-state index contributed by atoms with van der Waals surface area (Å²) in [5.41, 5.74) is 6.96. The number of anilines is 2. The van der Waals surface area contributed by atoms with Gasteiger partial charge in [0.25, 0.3) is 0 Å². The maximum absolute atomic E-state index is 5.59. The second kappa shape index (κ2) is 4.54. The molecular weight excluding hydrogens is 240 g/mol. The number of hydrogen-bond donors (Lipinski definition) is 2. The number of aromatic nitrogens is 2. The third-order valence-corrected chi connectivity index (χ3v) is 2.93. The minimum Gasteiger partial charge on any atom is -0.388 e. The molecule has 2 aromatic rings. The number of thiazole rings is 1. The first kappa shape index (κ1) is 11.0. The molecule has 2 heterocycles. The van der Waals surface area contributed by atoms with Crippen LogP contribution in [0.2, 0.25) is 0 Å². The fourth-order valence-electron chi connectivity index (χ4n) is 1.23. The van der Waals surface area contributed by atoms with E-state index in [4.69, 9.17) is 18.0 Å². The number of nitrogens with one attached hydrogen (secondary N) is 1. The van der Waals surface area contributed by atoms with E-state index in [-0.39, 0.29) is 4.99 Å². The maximum atomic E-state index is 5.59. The third-order valence-electron chi connectivity index (χ3n) is 1.90. The third kappa shape index (κ3) is 2.34. The van der Waals surface area contributed by atoms with Crippen LogP contribution in [0, 0.1) is 6.92 Å². The molecule has 3 N–H and O–H groups in total. The molecule has 0 aliphatic heterocycles. The highest BCUT2D eigenvalue weighted by Gasteiger charge is 2.07. The summed E-state index contributed by atoms with van der Waals surface area (Å²) in [5, 5.41) is 3.96. The molecule has 0 saturated carbocycles. The molecule has 0 fully saturated rings. The number of rotatable bonds is 3. The van der Waals surface area contributed by atoms with Gasteiger partial charge in [-0.3, -0.25) is 4.98 Å². The van der Waals surface area contributed by atoms with Gasteiger partial charge in [-0.15, -0.1) is 11.3 Å². The van der Waals surface area contributed by atoms with Gasteiger partial charge in [-0.2, -0.15) is 0 Å². The van der Waals surface area contributed by atoms with Gasteiger partial charge in [-0.1, -0.05) is 12.2 Å². The quantitative estimate of drug-likeness (QED) is 0.818. The summed E-state index contributed by atoms with van der Waals surface area (Å²) in [7, 11) is 0. The SMILES string of the molecule is Cc1cnc(Nc2cccnc2C(N)=S)s1. The second-order valence-electron chi connectivity index (χ2n) is 3.16. The predicted molar refractivity (Wildman–Crippen MR) is 70.3 cm³/mol. The standard InChI is InChI=1S/C10H10N4S2/c1-6-5-13-10(16-6)14-7-3-2-4-12-8(7)9(11)15/h2-5H,1H3,(H2,11,15)(H,13,14). The Morgan fingerprint density at radius 1 is 1.50 bits per heavy atom. The summed E-state index contributed by atoms with van der Waals surface area (Å²) in [6.07, 6.45) is 3.47. The minimum absolute atomic E-state index is 0.274. The highest BCUT2D eigenvalue weighted by atomic mass is 32.1. The van der Waals surface area contributed by atoms with E-state index < -0.39 is 0 Å². The molecule has 0 atom stereocenters. The first-order valence-corrected chi connectivity index (χ1v) is 5.83. The van der Waals surface area contributed by atoms with Crippen molar-refractivity contribution < 1.29 is 0 Å². The Bertz CT molecular complexity index is 521. The largest absolute Gasteiger partial charge is 0.388 e. The van der Waals surface area contributed by atoms with Crippen LogP contribution in [0.5, 0.6) is 0 Å². The Hall–Kier alpha value is -1.53. The monoisotopic (exact) mass is 250 g/mol. The molecule has 82 valence electrons. The van der Waals surface area contributed by atoms with E-state index in [0.717, 1.165) is 15.7 Å². The first-order valence-electron chi connectivity index (χ1n) is 4.61. The van der Waals surface area contributed by atoms with E-state index >= 15 is 0 Å². The molecule has 0 radical (unpaired) electrons.